The Morgan fingerprint density at radius 2 is 2.00 bits per heavy atom. The highest BCUT2D eigenvalue weighted by Crippen LogP contribution is 2.22. The first-order chi connectivity index (χ1) is 10.8. The molecule has 1 saturated heterocycles. The number of hydrogen-bond donors (Lipinski definition) is 2. The third kappa shape index (κ3) is 4.45. The van der Waals surface area contributed by atoms with Gasteiger partial charge in [0.1, 0.15) is 6.61 Å². The Kier molecular flexibility index (Phi) is 5.29. The summed E-state index contributed by atoms with van der Waals surface area (Å²) in [6.07, 6.45) is 3.94. The predicted molar refractivity (Wildman–Crippen MR) is 83.5 cm³/mol. The van der Waals surface area contributed by atoms with E-state index in [9.17, 15) is 4.79 Å². The predicted octanol–water partition coefficient (Wildman–Crippen LogP) is 2.21. The lowest BCUT2D eigenvalue weighted by Gasteiger charge is -2.39. The molecule has 0 spiro atoms. The third-order valence-corrected chi connectivity index (χ3v) is 4.30. The minimum Gasteiger partial charge on any atom is -0.445 e. The highest BCUT2D eigenvalue weighted by atomic mass is 16.5. The van der Waals surface area contributed by atoms with Gasteiger partial charge in [0.05, 0.1) is 6.61 Å². The quantitative estimate of drug-likeness (QED) is 0.875. The molecule has 2 fully saturated rings. The van der Waals surface area contributed by atoms with Gasteiger partial charge in [-0.25, -0.2) is 4.79 Å². The van der Waals surface area contributed by atoms with Crippen molar-refractivity contribution in [2.24, 2.45) is 0 Å². The summed E-state index contributed by atoms with van der Waals surface area (Å²) in [5.41, 5.74) is 1.00. The van der Waals surface area contributed by atoms with Crippen LogP contribution in [0.3, 0.4) is 0 Å². The Balaban J connectivity index is 1.29. The minimum atomic E-state index is -0.326. The van der Waals surface area contributed by atoms with E-state index in [0.717, 1.165) is 38.0 Å². The van der Waals surface area contributed by atoms with Gasteiger partial charge in [0.2, 0.25) is 0 Å². The van der Waals surface area contributed by atoms with E-state index >= 15 is 0 Å². The van der Waals surface area contributed by atoms with Crippen LogP contribution in [0.4, 0.5) is 4.79 Å². The first-order valence-electron chi connectivity index (χ1n) is 8.10. The van der Waals surface area contributed by atoms with Crippen LogP contribution in [0.25, 0.3) is 0 Å². The Bertz CT molecular complexity index is 468. The van der Waals surface area contributed by atoms with Crippen LogP contribution < -0.4 is 10.6 Å². The number of alkyl carbamates (subject to hydrolysis) is 1. The average molecular weight is 304 g/mol. The molecule has 0 radical (unpaired) electrons. The van der Waals surface area contributed by atoms with Crippen LogP contribution in [0, 0.1) is 0 Å². The molecule has 1 unspecified atom stereocenters. The van der Waals surface area contributed by atoms with Gasteiger partial charge < -0.3 is 20.1 Å². The molecular formula is C17H24N2O3. The first-order valence-corrected chi connectivity index (χ1v) is 8.10. The first kappa shape index (κ1) is 15.3. The molecule has 5 nitrogen and oxygen atoms in total. The van der Waals surface area contributed by atoms with Crippen LogP contribution >= 0.6 is 0 Å². The monoisotopic (exact) mass is 304 g/mol. The van der Waals surface area contributed by atoms with Crippen molar-refractivity contribution in [1.82, 2.24) is 10.6 Å². The maximum atomic E-state index is 11.7. The van der Waals surface area contributed by atoms with Crippen LogP contribution in [0.1, 0.15) is 31.2 Å². The molecule has 1 aromatic rings. The summed E-state index contributed by atoms with van der Waals surface area (Å²) in [5.74, 6) is 0. The minimum absolute atomic E-state index is 0.227. The van der Waals surface area contributed by atoms with E-state index in [0.29, 0.717) is 18.7 Å². The number of hydrogen-bond acceptors (Lipinski definition) is 4. The van der Waals surface area contributed by atoms with Crippen molar-refractivity contribution in [3.8, 4) is 0 Å². The zero-order valence-corrected chi connectivity index (χ0v) is 12.8. The van der Waals surface area contributed by atoms with E-state index in [2.05, 4.69) is 10.6 Å². The standard InChI is InChI=1S/C17H24N2O3/c20-17(22-11-13-5-2-1-3-6-13)19-16-9-15(10-16)18-14-7-4-8-21-12-14/h1-3,5-6,14-16,18H,4,7-12H2,(H,19,20). The number of amides is 1. The van der Waals surface area contributed by atoms with Crippen LogP contribution in [-0.2, 0) is 16.1 Å². The summed E-state index contributed by atoms with van der Waals surface area (Å²) in [6.45, 7) is 2.02. The molecule has 1 amide bonds. The molecule has 22 heavy (non-hydrogen) atoms. The maximum absolute atomic E-state index is 11.7. The van der Waals surface area contributed by atoms with Gasteiger partial charge in [0, 0.05) is 24.7 Å². The van der Waals surface area contributed by atoms with Crippen LogP contribution in [0.2, 0.25) is 0 Å². The van der Waals surface area contributed by atoms with Crippen LogP contribution in [0.5, 0.6) is 0 Å². The SMILES string of the molecule is O=C(NC1CC(NC2CCCOC2)C1)OCc1ccccc1. The van der Waals surface area contributed by atoms with Crippen molar-refractivity contribution < 1.29 is 14.3 Å². The number of rotatable bonds is 5. The second-order valence-corrected chi connectivity index (χ2v) is 6.15. The summed E-state index contributed by atoms with van der Waals surface area (Å²) in [4.78, 5) is 11.7. The van der Waals surface area contributed by atoms with Crippen molar-refractivity contribution in [2.45, 2.75) is 50.4 Å². The number of carbonyl (C=O) groups is 1. The molecule has 3 rings (SSSR count). The molecule has 0 bridgehead atoms. The molecule has 1 aliphatic carbocycles. The average Bonchev–Trinajstić information content (AvgIpc) is 2.53. The third-order valence-electron chi connectivity index (χ3n) is 4.30. The second-order valence-electron chi connectivity index (χ2n) is 6.15. The summed E-state index contributed by atoms with van der Waals surface area (Å²) >= 11 is 0. The molecule has 2 N–H and O–H groups in total. The summed E-state index contributed by atoms with van der Waals surface area (Å²) in [6, 6.07) is 10.9. The van der Waals surface area contributed by atoms with Gasteiger partial charge in [-0.3, -0.25) is 0 Å². The van der Waals surface area contributed by atoms with Gasteiger partial charge in [-0.2, -0.15) is 0 Å². The topological polar surface area (TPSA) is 59.6 Å². The molecule has 1 atom stereocenters. The highest BCUT2D eigenvalue weighted by molar-refractivity contribution is 5.67. The molecule has 0 aromatic heterocycles. The number of nitrogens with one attached hydrogen (secondary N) is 2. The molecule has 120 valence electrons. The van der Waals surface area contributed by atoms with E-state index in [1.54, 1.807) is 0 Å². The zero-order valence-electron chi connectivity index (χ0n) is 12.8. The summed E-state index contributed by atoms with van der Waals surface area (Å²) < 4.78 is 10.7. The van der Waals surface area contributed by atoms with Crippen LogP contribution in [0.15, 0.2) is 30.3 Å². The lowest BCUT2D eigenvalue weighted by molar-refractivity contribution is 0.0580. The van der Waals surface area contributed by atoms with Crippen molar-refractivity contribution in [1.29, 1.82) is 0 Å². The van der Waals surface area contributed by atoms with Crippen molar-refractivity contribution in [2.75, 3.05) is 13.2 Å². The molecule has 1 saturated carbocycles. The van der Waals surface area contributed by atoms with E-state index < -0.39 is 0 Å². The second kappa shape index (κ2) is 7.61. The van der Waals surface area contributed by atoms with Gasteiger partial charge in [0.25, 0.3) is 0 Å². The molecule has 1 aliphatic heterocycles. The largest absolute Gasteiger partial charge is 0.445 e. The summed E-state index contributed by atoms with van der Waals surface area (Å²) in [5, 5.41) is 6.52. The maximum Gasteiger partial charge on any atom is 0.407 e. The molecule has 2 aliphatic rings. The van der Waals surface area contributed by atoms with E-state index in [-0.39, 0.29) is 12.1 Å². The fourth-order valence-electron chi connectivity index (χ4n) is 3.01. The smallest absolute Gasteiger partial charge is 0.407 e. The van der Waals surface area contributed by atoms with Gasteiger partial charge in [-0.1, -0.05) is 30.3 Å². The molecular weight excluding hydrogens is 280 g/mol. The molecule has 5 heteroatoms. The molecule has 1 heterocycles. The highest BCUT2D eigenvalue weighted by Gasteiger charge is 2.32. The molecule has 1 aromatic carbocycles. The van der Waals surface area contributed by atoms with Crippen LogP contribution in [-0.4, -0.2) is 37.4 Å². The fraction of sp³-hybridized carbons (Fsp3) is 0.588. The normalized spacial score (nSPS) is 27.7. The lowest BCUT2D eigenvalue weighted by atomic mass is 9.86. The van der Waals surface area contributed by atoms with Gasteiger partial charge in [-0.05, 0) is 31.2 Å². The van der Waals surface area contributed by atoms with E-state index in [4.69, 9.17) is 9.47 Å². The Labute approximate surface area is 131 Å². The zero-order chi connectivity index (χ0) is 15.2. The van der Waals surface area contributed by atoms with E-state index in [1.807, 2.05) is 30.3 Å². The fourth-order valence-corrected chi connectivity index (χ4v) is 3.01. The van der Waals surface area contributed by atoms with Crippen molar-refractivity contribution in [3.63, 3.8) is 0 Å². The number of carbonyl (C=O) groups excluding carboxylic acids is 1. The van der Waals surface area contributed by atoms with Crippen molar-refractivity contribution >= 4 is 6.09 Å². The Hall–Kier alpha value is -1.59. The number of benzene rings is 1. The lowest BCUT2D eigenvalue weighted by Crippen LogP contribution is -2.55. The van der Waals surface area contributed by atoms with Gasteiger partial charge in [-0.15, -0.1) is 0 Å². The number of ether oxygens (including phenoxy) is 2. The van der Waals surface area contributed by atoms with Crippen molar-refractivity contribution in [3.05, 3.63) is 35.9 Å². The Morgan fingerprint density at radius 3 is 2.73 bits per heavy atom. The Morgan fingerprint density at radius 1 is 1.18 bits per heavy atom. The van der Waals surface area contributed by atoms with Gasteiger partial charge >= 0.3 is 6.09 Å². The summed E-state index contributed by atoms with van der Waals surface area (Å²) in [7, 11) is 0. The van der Waals surface area contributed by atoms with Gasteiger partial charge in [0.15, 0.2) is 0 Å². The van der Waals surface area contributed by atoms with E-state index in [1.165, 1.54) is 6.42 Å².